The van der Waals surface area contributed by atoms with Gasteiger partial charge in [0.05, 0.1) is 0 Å². The summed E-state index contributed by atoms with van der Waals surface area (Å²) in [7, 11) is -1.46. The van der Waals surface area contributed by atoms with Crippen LogP contribution in [0.4, 0.5) is 0 Å². The van der Waals surface area contributed by atoms with Crippen molar-refractivity contribution in [1.82, 2.24) is 0 Å². The van der Waals surface area contributed by atoms with Gasteiger partial charge in [-0.3, -0.25) is 0 Å². The van der Waals surface area contributed by atoms with Crippen molar-refractivity contribution in [3.05, 3.63) is 18.2 Å². The summed E-state index contributed by atoms with van der Waals surface area (Å²) in [5.74, 6) is -0.0183. The van der Waals surface area contributed by atoms with Crippen molar-refractivity contribution in [2.45, 2.75) is 18.9 Å². The summed E-state index contributed by atoms with van der Waals surface area (Å²) in [4.78, 5) is 0. The number of phenols is 2. The largest absolute Gasteiger partial charge is 0.504 e. The standard InChI is InChI=1S/C10H14O3Si/c11-8-4-3-5-9(10(8)12)14-7-2-1-6-13-14/h3-5,11-12,14H,1-2,6-7H2. The van der Waals surface area contributed by atoms with E-state index in [4.69, 9.17) is 4.43 Å². The average molecular weight is 210 g/mol. The molecular formula is C10H14O3Si. The number of rotatable bonds is 1. The van der Waals surface area contributed by atoms with Crippen molar-refractivity contribution in [3.8, 4) is 11.5 Å². The van der Waals surface area contributed by atoms with Crippen LogP contribution in [-0.4, -0.2) is 25.9 Å². The van der Waals surface area contributed by atoms with Crippen LogP contribution in [0.25, 0.3) is 0 Å². The fraction of sp³-hybridized carbons (Fsp3) is 0.400. The van der Waals surface area contributed by atoms with Crippen molar-refractivity contribution in [1.29, 1.82) is 0 Å². The molecule has 0 bridgehead atoms. The van der Waals surface area contributed by atoms with E-state index < -0.39 is 9.04 Å². The molecule has 2 rings (SSSR count). The Morgan fingerprint density at radius 1 is 1.21 bits per heavy atom. The van der Waals surface area contributed by atoms with Crippen LogP contribution in [0.2, 0.25) is 6.04 Å². The molecule has 0 aromatic heterocycles. The minimum Gasteiger partial charge on any atom is -0.504 e. The summed E-state index contributed by atoms with van der Waals surface area (Å²) in [6, 6.07) is 6.17. The van der Waals surface area contributed by atoms with E-state index in [-0.39, 0.29) is 11.5 Å². The molecule has 1 heterocycles. The molecule has 2 N–H and O–H groups in total. The molecule has 0 amide bonds. The van der Waals surface area contributed by atoms with Gasteiger partial charge < -0.3 is 14.6 Å². The highest BCUT2D eigenvalue weighted by Crippen LogP contribution is 2.23. The topological polar surface area (TPSA) is 49.7 Å². The molecule has 3 nitrogen and oxygen atoms in total. The van der Waals surface area contributed by atoms with Gasteiger partial charge in [-0.05, 0) is 18.5 Å². The maximum absolute atomic E-state index is 9.65. The zero-order valence-electron chi connectivity index (χ0n) is 7.94. The molecule has 1 aliphatic rings. The molecule has 1 unspecified atom stereocenters. The van der Waals surface area contributed by atoms with Gasteiger partial charge in [-0.1, -0.05) is 18.6 Å². The molecular weight excluding hydrogens is 196 g/mol. The Bertz CT molecular complexity index is 321. The van der Waals surface area contributed by atoms with Gasteiger partial charge in [0.15, 0.2) is 11.5 Å². The maximum Gasteiger partial charge on any atom is 0.212 e. The SMILES string of the molecule is Oc1cccc([SiH]2CCCCO2)c1O. The first-order valence-electron chi connectivity index (χ1n) is 4.91. The van der Waals surface area contributed by atoms with Gasteiger partial charge in [-0.25, -0.2) is 0 Å². The Labute approximate surface area is 84.7 Å². The van der Waals surface area contributed by atoms with Crippen molar-refractivity contribution in [2.75, 3.05) is 6.61 Å². The van der Waals surface area contributed by atoms with E-state index >= 15 is 0 Å². The molecule has 1 saturated heterocycles. The fourth-order valence-corrected chi connectivity index (χ4v) is 4.34. The van der Waals surface area contributed by atoms with Crippen LogP contribution in [0, 0.1) is 0 Å². The van der Waals surface area contributed by atoms with Gasteiger partial charge in [-0.2, -0.15) is 0 Å². The molecule has 76 valence electrons. The van der Waals surface area contributed by atoms with Gasteiger partial charge in [0.25, 0.3) is 0 Å². The second kappa shape index (κ2) is 4.02. The third-order valence-corrected chi connectivity index (χ3v) is 5.30. The van der Waals surface area contributed by atoms with Crippen LogP contribution in [0.15, 0.2) is 18.2 Å². The third-order valence-electron chi connectivity index (χ3n) is 2.57. The molecule has 1 fully saturated rings. The first-order valence-corrected chi connectivity index (χ1v) is 6.78. The van der Waals surface area contributed by atoms with E-state index in [1.165, 1.54) is 12.5 Å². The Kier molecular flexibility index (Phi) is 2.74. The summed E-state index contributed by atoms with van der Waals surface area (Å²) < 4.78 is 5.67. The average Bonchev–Trinajstić information content (AvgIpc) is 2.23. The summed E-state index contributed by atoms with van der Waals surface area (Å²) in [5, 5.41) is 19.8. The second-order valence-corrected chi connectivity index (χ2v) is 6.08. The molecule has 1 aliphatic heterocycles. The number of aromatic hydroxyl groups is 2. The molecule has 0 radical (unpaired) electrons. The Morgan fingerprint density at radius 3 is 2.79 bits per heavy atom. The summed E-state index contributed by atoms with van der Waals surface area (Å²) in [5.41, 5.74) is 0. The minimum absolute atomic E-state index is 0.0195. The smallest absolute Gasteiger partial charge is 0.212 e. The zero-order valence-corrected chi connectivity index (χ0v) is 9.10. The quantitative estimate of drug-likeness (QED) is 0.533. The van der Waals surface area contributed by atoms with Crippen LogP contribution in [0.3, 0.4) is 0 Å². The highest BCUT2D eigenvalue weighted by Gasteiger charge is 2.22. The van der Waals surface area contributed by atoms with Crippen molar-refractivity contribution in [2.24, 2.45) is 0 Å². The van der Waals surface area contributed by atoms with Crippen LogP contribution in [0.1, 0.15) is 12.8 Å². The Hall–Kier alpha value is -1.00. The maximum atomic E-state index is 9.65. The number of benzene rings is 1. The zero-order chi connectivity index (χ0) is 9.97. The third kappa shape index (κ3) is 1.76. The molecule has 0 spiro atoms. The first kappa shape index (κ1) is 9.55. The van der Waals surface area contributed by atoms with E-state index in [1.54, 1.807) is 6.07 Å². The molecule has 1 atom stereocenters. The number of hydrogen-bond donors (Lipinski definition) is 2. The second-order valence-electron chi connectivity index (χ2n) is 3.57. The monoisotopic (exact) mass is 210 g/mol. The van der Waals surface area contributed by atoms with Gasteiger partial charge >= 0.3 is 0 Å². The molecule has 1 aromatic rings. The van der Waals surface area contributed by atoms with Gasteiger partial charge in [0.1, 0.15) is 0 Å². The molecule has 0 aliphatic carbocycles. The van der Waals surface area contributed by atoms with E-state index in [0.717, 1.165) is 24.3 Å². The molecule has 4 heteroatoms. The van der Waals surface area contributed by atoms with E-state index in [0.29, 0.717) is 0 Å². The van der Waals surface area contributed by atoms with E-state index in [9.17, 15) is 10.2 Å². The van der Waals surface area contributed by atoms with Crippen molar-refractivity contribution < 1.29 is 14.6 Å². The molecule has 1 aromatic carbocycles. The summed E-state index contributed by atoms with van der Waals surface area (Å²) in [6.07, 6.45) is 2.29. The summed E-state index contributed by atoms with van der Waals surface area (Å²) in [6.45, 7) is 0.798. The lowest BCUT2D eigenvalue weighted by molar-refractivity contribution is 0.293. The van der Waals surface area contributed by atoms with Crippen LogP contribution < -0.4 is 5.19 Å². The fourth-order valence-electron chi connectivity index (χ4n) is 1.79. The number of hydrogen-bond acceptors (Lipinski definition) is 3. The van der Waals surface area contributed by atoms with Gasteiger partial charge in [0.2, 0.25) is 9.04 Å². The molecule has 0 saturated carbocycles. The normalized spacial score (nSPS) is 22.1. The lowest BCUT2D eigenvalue weighted by Crippen LogP contribution is -2.36. The minimum atomic E-state index is -1.46. The predicted molar refractivity (Wildman–Crippen MR) is 56.5 cm³/mol. The van der Waals surface area contributed by atoms with E-state index in [2.05, 4.69) is 0 Å². The Morgan fingerprint density at radius 2 is 2.07 bits per heavy atom. The van der Waals surface area contributed by atoms with Crippen molar-refractivity contribution >= 4 is 14.2 Å². The van der Waals surface area contributed by atoms with Gasteiger partial charge in [0, 0.05) is 11.8 Å². The van der Waals surface area contributed by atoms with Crippen LogP contribution >= 0.6 is 0 Å². The highest BCUT2D eigenvalue weighted by molar-refractivity contribution is 6.68. The lowest BCUT2D eigenvalue weighted by atomic mass is 10.3. The van der Waals surface area contributed by atoms with E-state index in [1.807, 2.05) is 6.07 Å². The van der Waals surface area contributed by atoms with Crippen LogP contribution in [0.5, 0.6) is 11.5 Å². The first-order chi connectivity index (χ1) is 6.79. The number of para-hydroxylation sites is 1. The van der Waals surface area contributed by atoms with Crippen LogP contribution in [-0.2, 0) is 4.43 Å². The predicted octanol–water partition coefficient (Wildman–Crippen LogP) is 0.839. The highest BCUT2D eigenvalue weighted by atomic mass is 28.3. The Balaban J connectivity index is 2.26. The lowest BCUT2D eigenvalue weighted by Gasteiger charge is -2.22. The van der Waals surface area contributed by atoms with Gasteiger partial charge in [-0.15, -0.1) is 0 Å². The number of phenolic OH excluding ortho intramolecular Hbond substituents is 2. The molecule has 14 heavy (non-hydrogen) atoms. The van der Waals surface area contributed by atoms with Crippen molar-refractivity contribution in [3.63, 3.8) is 0 Å². The summed E-state index contributed by atoms with van der Waals surface area (Å²) >= 11 is 0.